The highest BCUT2D eigenvalue weighted by atomic mass is 32.2. The van der Waals surface area contributed by atoms with Gasteiger partial charge in [0, 0.05) is 23.2 Å². The highest BCUT2D eigenvalue weighted by Gasteiger charge is 2.13. The molecule has 0 aliphatic rings. The molecule has 0 spiro atoms. The molecule has 5 heteroatoms. The number of carbonyl (C=O) groups is 1. The summed E-state index contributed by atoms with van der Waals surface area (Å²) in [4.78, 5) is 11.1. The molecule has 0 amide bonds. The smallest absolute Gasteiger partial charge is 0.337 e. The molecule has 4 N–H and O–H groups in total. The minimum Gasteiger partial charge on any atom is -0.478 e. The number of carboxylic acid groups (broad SMARTS) is 1. The number of benzene rings is 1. The number of nitrogens with one attached hydrogen (secondary N) is 1. The Balaban J connectivity index is 2.99. The Morgan fingerprint density at radius 1 is 1.56 bits per heavy atom. The molecule has 0 saturated heterocycles. The largest absolute Gasteiger partial charge is 0.478 e. The summed E-state index contributed by atoms with van der Waals surface area (Å²) in [6.07, 6.45) is 3.05. The van der Waals surface area contributed by atoms with Gasteiger partial charge in [0.25, 0.3) is 0 Å². The minimum atomic E-state index is -0.989. The topological polar surface area (TPSA) is 75.3 Å². The van der Waals surface area contributed by atoms with Crippen molar-refractivity contribution in [3.8, 4) is 0 Å². The normalized spacial score (nSPS) is 12.2. The van der Waals surface area contributed by atoms with E-state index >= 15 is 0 Å². The second kappa shape index (κ2) is 6.54. The summed E-state index contributed by atoms with van der Waals surface area (Å²) >= 11 is 1.77. The molecule has 4 nitrogen and oxygen atoms in total. The van der Waals surface area contributed by atoms with Crippen molar-refractivity contribution in [1.82, 2.24) is 0 Å². The number of aryl methyl sites for hydroxylation is 1. The number of hydrogen-bond acceptors (Lipinski definition) is 4. The lowest BCUT2D eigenvalue weighted by atomic mass is 10.1. The summed E-state index contributed by atoms with van der Waals surface area (Å²) < 4.78 is 0. The Morgan fingerprint density at radius 2 is 2.22 bits per heavy atom. The molecular weight excluding hydrogens is 248 g/mol. The van der Waals surface area contributed by atoms with Crippen molar-refractivity contribution in [2.75, 3.05) is 23.1 Å². The van der Waals surface area contributed by atoms with Gasteiger partial charge in [-0.25, -0.2) is 4.79 Å². The van der Waals surface area contributed by atoms with Gasteiger partial charge in [0.05, 0.1) is 5.56 Å². The molecule has 0 radical (unpaired) electrons. The van der Waals surface area contributed by atoms with Crippen LogP contribution in [0.1, 0.15) is 29.3 Å². The van der Waals surface area contributed by atoms with Gasteiger partial charge < -0.3 is 16.2 Å². The maximum absolute atomic E-state index is 11.1. The third kappa shape index (κ3) is 3.57. The van der Waals surface area contributed by atoms with Crippen LogP contribution in [0.4, 0.5) is 11.4 Å². The lowest BCUT2D eigenvalue weighted by molar-refractivity contribution is 0.0698. The third-order valence-electron chi connectivity index (χ3n) is 2.85. The third-order valence-corrected chi connectivity index (χ3v) is 3.58. The maximum atomic E-state index is 11.1. The molecule has 1 atom stereocenters. The molecule has 1 rings (SSSR count). The van der Waals surface area contributed by atoms with E-state index in [-0.39, 0.29) is 5.56 Å². The predicted molar refractivity (Wildman–Crippen MR) is 78.6 cm³/mol. The molecule has 1 aromatic rings. The Kier molecular flexibility index (Phi) is 5.34. The fourth-order valence-corrected chi connectivity index (χ4v) is 2.48. The summed E-state index contributed by atoms with van der Waals surface area (Å²) in [7, 11) is 0. The molecule has 100 valence electrons. The summed E-state index contributed by atoms with van der Waals surface area (Å²) in [5.74, 6) is -0.000315. The number of nitrogen functional groups attached to an aromatic ring is 1. The molecule has 0 fully saturated rings. The molecule has 0 aromatic heterocycles. The van der Waals surface area contributed by atoms with Crippen molar-refractivity contribution in [3.63, 3.8) is 0 Å². The molecule has 18 heavy (non-hydrogen) atoms. The van der Waals surface area contributed by atoms with E-state index in [4.69, 9.17) is 10.8 Å². The van der Waals surface area contributed by atoms with Gasteiger partial charge in [-0.3, -0.25) is 0 Å². The summed E-state index contributed by atoms with van der Waals surface area (Å²) in [6, 6.07) is 3.84. The first-order chi connectivity index (χ1) is 8.49. The van der Waals surface area contributed by atoms with Crippen LogP contribution in [0.2, 0.25) is 0 Å². The van der Waals surface area contributed by atoms with Crippen molar-refractivity contribution >= 4 is 29.1 Å². The molecule has 1 unspecified atom stereocenters. The highest BCUT2D eigenvalue weighted by Crippen LogP contribution is 2.24. The zero-order valence-corrected chi connectivity index (χ0v) is 11.8. The van der Waals surface area contributed by atoms with Crippen molar-refractivity contribution in [1.29, 1.82) is 0 Å². The number of aromatic carboxylic acids is 1. The van der Waals surface area contributed by atoms with E-state index in [9.17, 15) is 4.79 Å². The van der Waals surface area contributed by atoms with E-state index in [0.29, 0.717) is 11.7 Å². The van der Waals surface area contributed by atoms with Crippen molar-refractivity contribution in [2.45, 2.75) is 26.3 Å². The SMILES string of the molecule is CCC(CSC)Nc1cc(C)c(N)c(C(=O)O)c1. The fraction of sp³-hybridized carbons (Fsp3) is 0.462. The van der Waals surface area contributed by atoms with Crippen LogP contribution >= 0.6 is 11.8 Å². The van der Waals surface area contributed by atoms with Crippen molar-refractivity contribution < 1.29 is 9.90 Å². The lowest BCUT2D eigenvalue weighted by Gasteiger charge is -2.18. The molecule has 0 aliphatic heterocycles. The molecule has 0 heterocycles. The Hall–Kier alpha value is -1.36. The van der Waals surface area contributed by atoms with Gasteiger partial charge in [-0.05, 0) is 37.3 Å². The van der Waals surface area contributed by atoms with E-state index in [2.05, 4.69) is 18.5 Å². The molecule has 0 bridgehead atoms. The standard InChI is InChI=1S/C13H20N2O2S/c1-4-9(7-18-3)15-10-5-8(2)12(14)11(6-10)13(16)17/h5-6,9,15H,4,7,14H2,1-3H3,(H,16,17). The van der Waals surface area contributed by atoms with Gasteiger partial charge in [-0.2, -0.15) is 11.8 Å². The first-order valence-corrected chi connectivity index (χ1v) is 7.27. The monoisotopic (exact) mass is 268 g/mol. The van der Waals surface area contributed by atoms with Crippen molar-refractivity contribution in [2.24, 2.45) is 0 Å². The second-order valence-electron chi connectivity index (χ2n) is 4.26. The van der Waals surface area contributed by atoms with E-state index in [1.54, 1.807) is 17.8 Å². The summed E-state index contributed by atoms with van der Waals surface area (Å²) in [5.41, 5.74) is 7.87. The maximum Gasteiger partial charge on any atom is 0.337 e. The van der Waals surface area contributed by atoms with Crippen molar-refractivity contribution in [3.05, 3.63) is 23.3 Å². The first-order valence-electron chi connectivity index (χ1n) is 5.88. The predicted octanol–water partition coefficient (Wildman–Crippen LogP) is 2.83. The van der Waals surface area contributed by atoms with Gasteiger partial charge in [0.2, 0.25) is 0 Å². The first kappa shape index (κ1) is 14.7. The lowest BCUT2D eigenvalue weighted by Crippen LogP contribution is -2.21. The quantitative estimate of drug-likeness (QED) is 0.692. The number of hydrogen-bond donors (Lipinski definition) is 3. The van der Waals surface area contributed by atoms with Crippen LogP contribution in [0, 0.1) is 6.92 Å². The van der Waals surface area contributed by atoms with E-state index in [1.807, 2.05) is 13.0 Å². The minimum absolute atomic E-state index is 0.163. The number of carboxylic acids is 1. The van der Waals surface area contributed by atoms with E-state index in [0.717, 1.165) is 23.4 Å². The van der Waals surface area contributed by atoms with Crippen LogP contribution < -0.4 is 11.1 Å². The van der Waals surface area contributed by atoms with E-state index < -0.39 is 5.97 Å². The van der Waals surface area contributed by atoms with Crippen LogP contribution in [-0.4, -0.2) is 29.1 Å². The molecule has 1 aromatic carbocycles. The number of nitrogens with two attached hydrogens (primary N) is 1. The summed E-state index contributed by atoms with van der Waals surface area (Å²) in [6.45, 7) is 3.93. The molecule has 0 saturated carbocycles. The Bertz CT molecular complexity index is 435. The molecular formula is C13H20N2O2S. The number of rotatable bonds is 6. The van der Waals surface area contributed by atoms with Crippen LogP contribution in [0.15, 0.2) is 12.1 Å². The number of thioether (sulfide) groups is 1. The van der Waals surface area contributed by atoms with Crippen LogP contribution in [0.3, 0.4) is 0 Å². The van der Waals surface area contributed by atoms with Gasteiger partial charge in [0.15, 0.2) is 0 Å². The Labute approximate surface area is 112 Å². The summed E-state index contributed by atoms with van der Waals surface area (Å²) in [5, 5.41) is 12.5. The van der Waals surface area contributed by atoms with Gasteiger partial charge in [-0.15, -0.1) is 0 Å². The van der Waals surface area contributed by atoms with Gasteiger partial charge >= 0.3 is 5.97 Å². The average molecular weight is 268 g/mol. The zero-order valence-electron chi connectivity index (χ0n) is 11.0. The zero-order chi connectivity index (χ0) is 13.7. The van der Waals surface area contributed by atoms with Crippen LogP contribution in [-0.2, 0) is 0 Å². The highest BCUT2D eigenvalue weighted by molar-refractivity contribution is 7.98. The number of anilines is 2. The molecule has 0 aliphatic carbocycles. The average Bonchev–Trinajstić information content (AvgIpc) is 2.32. The Morgan fingerprint density at radius 3 is 2.72 bits per heavy atom. The van der Waals surface area contributed by atoms with E-state index in [1.165, 1.54) is 0 Å². The second-order valence-corrected chi connectivity index (χ2v) is 5.18. The van der Waals surface area contributed by atoms with Crippen LogP contribution in [0.5, 0.6) is 0 Å². The van der Waals surface area contributed by atoms with Gasteiger partial charge in [-0.1, -0.05) is 6.92 Å². The van der Waals surface area contributed by atoms with Gasteiger partial charge in [0.1, 0.15) is 0 Å². The van der Waals surface area contributed by atoms with Crippen LogP contribution in [0.25, 0.3) is 0 Å². The fourth-order valence-electron chi connectivity index (χ4n) is 1.76.